The van der Waals surface area contributed by atoms with Crippen LogP contribution in [-0.2, 0) is 0 Å². The van der Waals surface area contributed by atoms with Gasteiger partial charge in [0.05, 0.1) is 0 Å². The van der Waals surface area contributed by atoms with Gasteiger partial charge in [0, 0.05) is 10.4 Å². The second-order valence-electron chi connectivity index (χ2n) is 5.47. The zero-order chi connectivity index (χ0) is 8.40. The molecule has 0 aromatic heterocycles. The molecule has 0 aromatic rings. The maximum atomic E-state index is 6.54. The normalized spacial score (nSPS) is 62.5. The van der Waals surface area contributed by atoms with Crippen LogP contribution in [0.15, 0.2) is 0 Å². The van der Waals surface area contributed by atoms with Gasteiger partial charge in [-0.15, -0.1) is 11.6 Å². The summed E-state index contributed by atoms with van der Waals surface area (Å²) < 4.78 is 0. The van der Waals surface area contributed by atoms with Gasteiger partial charge in [0.1, 0.15) is 0 Å². The molecular weight excluding hydrogens is 170 g/mol. The van der Waals surface area contributed by atoms with Crippen molar-refractivity contribution < 1.29 is 0 Å². The molecule has 0 amide bonds. The van der Waals surface area contributed by atoms with Gasteiger partial charge >= 0.3 is 0 Å². The van der Waals surface area contributed by atoms with E-state index in [0.29, 0.717) is 0 Å². The van der Waals surface area contributed by atoms with Crippen LogP contribution in [0.25, 0.3) is 0 Å². The van der Waals surface area contributed by atoms with Crippen LogP contribution < -0.4 is 5.73 Å². The number of alkyl halides is 1. The average molecular weight is 186 g/mol. The van der Waals surface area contributed by atoms with E-state index in [1.807, 2.05) is 0 Å². The maximum absolute atomic E-state index is 6.54. The third-order valence-corrected chi connectivity index (χ3v) is 4.48. The van der Waals surface area contributed by atoms with E-state index in [0.717, 1.165) is 18.3 Å². The van der Waals surface area contributed by atoms with Crippen molar-refractivity contribution >= 4 is 11.6 Å². The van der Waals surface area contributed by atoms with Crippen LogP contribution in [0.1, 0.15) is 38.5 Å². The highest BCUT2D eigenvalue weighted by Gasteiger charge is 2.55. The third-order valence-electron chi connectivity index (χ3n) is 4.03. The molecule has 68 valence electrons. The van der Waals surface area contributed by atoms with Crippen LogP contribution in [0.2, 0.25) is 0 Å². The van der Waals surface area contributed by atoms with E-state index >= 15 is 0 Å². The van der Waals surface area contributed by atoms with Crippen molar-refractivity contribution in [2.45, 2.75) is 48.9 Å². The topological polar surface area (TPSA) is 26.0 Å². The number of hydrogen-bond donors (Lipinski definition) is 1. The lowest BCUT2D eigenvalue weighted by atomic mass is 9.53. The van der Waals surface area contributed by atoms with Crippen molar-refractivity contribution in [3.63, 3.8) is 0 Å². The average Bonchev–Trinajstić information content (AvgIpc) is 1.75. The van der Waals surface area contributed by atoms with Gasteiger partial charge in [0.25, 0.3) is 0 Å². The van der Waals surface area contributed by atoms with Gasteiger partial charge in [0.2, 0.25) is 0 Å². The highest BCUT2D eigenvalue weighted by molar-refractivity contribution is 6.24. The van der Waals surface area contributed by atoms with Gasteiger partial charge in [-0.1, -0.05) is 0 Å². The lowest BCUT2D eigenvalue weighted by Gasteiger charge is -2.58. The highest BCUT2D eigenvalue weighted by Crippen LogP contribution is 2.58. The Morgan fingerprint density at radius 3 is 2.08 bits per heavy atom. The molecule has 12 heavy (non-hydrogen) atoms. The second-order valence-corrected chi connectivity index (χ2v) is 6.28. The molecule has 0 aromatic carbocycles. The molecule has 4 aliphatic carbocycles. The van der Waals surface area contributed by atoms with Crippen LogP contribution in [0.4, 0.5) is 0 Å². The van der Waals surface area contributed by atoms with Gasteiger partial charge in [0.15, 0.2) is 0 Å². The summed E-state index contributed by atoms with van der Waals surface area (Å²) in [5, 5.41) is 0. The van der Waals surface area contributed by atoms with Crippen molar-refractivity contribution in [3.05, 3.63) is 0 Å². The number of nitrogens with two attached hydrogens (primary N) is 1. The molecule has 4 fully saturated rings. The van der Waals surface area contributed by atoms with E-state index in [-0.39, 0.29) is 10.4 Å². The van der Waals surface area contributed by atoms with Crippen molar-refractivity contribution in [1.82, 2.24) is 0 Å². The summed E-state index contributed by atoms with van der Waals surface area (Å²) >= 11 is 6.54. The molecule has 4 saturated carbocycles. The van der Waals surface area contributed by atoms with Gasteiger partial charge in [-0.2, -0.15) is 0 Å². The van der Waals surface area contributed by atoms with Crippen LogP contribution in [0, 0.1) is 11.8 Å². The highest BCUT2D eigenvalue weighted by atomic mass is 35.5. The van der Waals surface area contributed by atoms with Gasteiger partial charge in [-0.3, -0.25) is 0 Å². The molecule has 0 spiro atoms. The van der Waals surface area contributed by atoms with E-state index < -0.39 is 0 Å². The summed E-state index contributed by atoms with van der Waals surface area (Å²) in [7, 11) is 0. The molecule has 0 heterocycles. The molecule has 1 nitrogen and oxygen atoms in total. The summed E-state index contributed by atoms with van der Waals surface area (Å²) in [5.41, 5.74) is 6.45. The zero-order valence-corrected chi connectivity index (χ0v) is 8.11. The predicted octanol–water partition coefficient (Wildman–Crippen LogP) is 2.28. The van der Waals surface area contributed by atoms with Crippen LogP contribution >= 0.6 is 11.6 Å². The van der Waals surface area contributed by atoms with E-state index in [9.17, 15) is 0 Å². The van der Waals surface area contributed by atoms with Crippen molar-refractivity contribution in [1.29, 1.82) is 0 Å². The van der Waals surface area contributed by atoms with Crippen LogP contribution in [-0.4, -0.2) is 10.4 Å². The number of halogens is 1. The SMILES string of the molecule is N[C@@]12C[C@H]3C[C@@H](C1)C[C@](Cl)(C3)C2. The molecule has 2 N–H and O–H groups in total. The molecule has 4 atom stereocenters. The standard InChI is InChI=1S/C10H16ClN/c11-9-2-7-1-8(3-9)5-10(12,4-7)6-9/h7-8H,1-6,12H2/t7-,8+,9+,10-. The molecule has 0 unspecified atom stereocenters. The minimum atomic E-state index is 0.110. The quantitative estimate of drug-likeness (QED) is 0.576. The van der Waals surface area contributed by atoms with E-state index in [4.69, 9.17) is 17.3 Å². The summed E-state index contributed by atoms with van der Waals surface area (Å²) in [6, 6.07) is 0. The Bertz CT molecular complexity index is 192. The Morgan fingerprint density at radius 2 is 1.67 bits per heavy atom. The van der Waals surface area contributed by atoms with Gasteiger partial charge in [-0.05, 0) is 50.4 Å². The maximum Gasteiger partial charge on any atom is 0.0469 e. The Balaban J connectivity index is 1.98. The Hall–Kier alpha value is 0.250. The fraction of sp³-hybridized carbons (Fsp3) is 1.00. The van der Waals surface area contributed by atoms with Crippen molar-refractivity contribution in [2.24, 2.45) is 17.6 Å². The monoisotopic (exact) mass is 185 g/mol. The Kier molecular flexibility index (Phi) is 1.28. The minimum absolute atomic E-state index is 0.110. The molecule has 4 aliphatic rings. The van der Waals surface area contributed by atoms with Crippen molar-refractivity contribution in [3.8, 4) is 0 Å². The first-order valence-electron chi connectivity index (χ1n) is 5.05. The number of rotatable bonds is 0. The Morgan fingerprint density at radius 1 is 1.08 bits per heavy atom. The fourth-order valence-electron chi connectivity index (χ4n) is 4.22. The lowest BCUT2D eigenvalue weighted by molar-refractivity contribution is 0.0146. The minimum Gasteiger partial charge on any atom is -0.325 e. The van der Waals surface area contributed by atoms with Crippen LogP contribution in [0.3, 0.4) is 0 Å². The lowest BCUT2D eigenvalue weighted by Crippen LogP contribution is -2.60. The predicted molar refractivity (Wildman–Crippen MR) is 50.2 cm³/mol. The van der Waals surface area contributed by atoms with E-state index in [1.165, 1.54) is 32.1 Å². The largest absolute Gasteiger partial charge is 0.325 e. The van der Waals surface area contributed by atoms with E-state index in [2.05, 4.69) is 0 Å². The van der Waals surface area contributed by atoms with Gasteiger partial charge in [-0.25, -0.2) is 0 Å². The fourth-order valence-corrected chi connectivity index (χ4v) is 4.92. The molecule has 0 saturated heterocycles. The zero-order valence-electron chi connectivity index (χ0n) is 7.35. The molecule has 4 bridgehead atoms. The molecule has 4 rings (SSSR count). The first-order valence-corrected chi connectivity index (χ1v) is 5.43. The molecular formula is C10H16ClN. The first-order chi connectivity index (χ1) is 5.57. The van der Waals surface area contributed by atoms with Crippen LogP contribution in [0.5, 0.6) is 0 Å². The molecule has 2 heteroatoms. The molecule has 0 radical (unpaired) electrons. The number of hydrogen-bond acceptors (Lipinski definition) is 1. The second kappa shape index (κ2) is 2.01. The summed E-state index contributed by atoms with van der Waals surface area (Å²) in [5.74, 6) is 1.71. The van der Waals surface area contributed by atoms with E-state index in [1.54, 1.807) is 0 Å². The van der Waals surface area contributed by atoms with Gasteiger partial charge < -0.3 is 5.73 Å². The first kappa shape index (κ1) is 7.64. The summed E-state index contributed by atoms with van der Waals surface area (Å²) in [4.78, 5) is 0.110. The molecule has 0 aliphatic heterocycles. The smallest absolute Gasteiger partial charge is 0.0469 e. The van der Waals surface area contributed by atoms with Crippen molar-refractivity contribution in [2.75, 3.05) is 0 Å². The Labute approximate surface area is 78.6 Å². The third kappa shape index (κ3) is 0.958. The summed E-state index contributed by atoms with van der Waals surface area (Å²) in [6.07, 6.45) is 7.46. The summed E-state index contributed by atoms with van der Waals surface area (Å²) in [6.45, 7) is 0.